The summed E-state index contributed by atoms with van der Waals surface area (Å²) in [5, 5.41) is 20.7. The molecular formula is C24H22N8O2. The van der Waals surface area contributed by atoms with Crippen LogP contribution in [0.15, 0.2) is 58.4 Å². The van der Waals surface area contributed by atoms with Gasteiger partial charge >= 0.3 is 5.69 Å². The molecule has 3 heterocycles. The first-order chi connectivity index (χ1) is 16.5. The van der Waals surface area contributed by atoms with Crippen molar-refractivity contribution in [2.75, 3.05) is 5.32 Å². The Bertz CT molecular complexity index is 1710. The number of rotatable bonds is 5. The normalized spacial score (nSPS) is 15.9. The van der Waals surface area contributed by atoms with Gasteiger partial charge in [0.2, 0.25) is 11.8 Å². The van der Waals surface area contributed by atoms with Crippen molar-refractivity contribution in [3.8, 4) is 5.88 Å². The maximum Gasteiger partial charge on any atom is 0.326 e. The molecule has 10 nitrogen and oxygen atoms in total. The molecule has 0 bridgehead atoms. The number of imidazole rings is 1. The molecule has 1 aliphatic carbocycles. The quantitative estimate of drug-likeness (QED) is 0.320. The van der Waals surface area contributed by atoms with Crippen LogP contribution in [0.5, 0.6) is 5.88 Å². The average Bonchev–Trinajstić information content (AvgIpc) is 3.47. The topological polar surface area (TPSA) is 136 Å². The largest absolute Gasteiger partial charge is 0.493 e. The molecule has 1 saturated carbocycles. The second-order valence-corrected chi connectivity index (χ2v) is 8.50. The van der Waals surface area contributed by atoms with Crippen molar-refractivity contribution in [2.45, 2.75) is 31.8 Å². The SMILES string of the molecule is CC(Nc1nc(=NC2CC2)n2ncc(=Cc3[nH]c(=O)[nH]c3O)c2n1)c1ccc2ccccc2c1. The highest BCUT2D eigenvalue weighted by Crippen LogP contribution is 2.23. The Morgan fingerprint density at radius 2 is 2.00 bits per heavy atom. The summed E-state index contributed by atoms with van der Waals surface area (Å²) in [6, 6.07) is 14.8. The van der Waals surface area contributed by atoms with Gasteiger partial charge in [-0.25, -0.2) is 9.79 Å². The molecule has 34 heavy (non-hydrogen) atoms. The van der Waals surface area contributed by atoms with Crippen LogP contribution in [-0.2, 0) is 0 Å². The molecule has 0 amide bonds. The lowest BCUT2D eigenvalue weighted by atomic mass is 10.0. The molecule has 1 unspecified atom stereocenters. The summed E-state index contributed by atoms with van der Waals surface area (Å²) in [6.07, 6.45) is 5.28. The number of aromatic hydroxyl groups is 1. The van der Waals surface area contributed by atoms with Crippen molar-refractivity contribution in [3.63, 3.8) is 0 Å². The summed E-state index contributed by atoms with van der Waals surface area (Å²) in [4.78, 5) is 30.4. The van der Waals surface area contributed by atoms with Crippen molar-refractivity contribution >= 4 is 28.4 Å². The minimum atomic E-state index is -0.495. The molecule has 1 fully saturated rings. The average molecular weight is 454 g/mol. The fourth-order valence-corrected chi connectivity index (χ4v) is 3.90. The Morgan fingerprint density at radius 3 is 2.76 bits per heavy atom. The molecule has 4 N–H and O–H groups in total. The Morgan fingerprint density at radius 1 is 1.18 bits per heavy atom. The minimum absolute atomic E-state index is 0.0544. The second kappa shape index (κ2) is 7.84. The van der Waals surface area contributed by atoms with Gasteiger partial charge in [-0.1, -0.05) is 36.4 Å². The number of aromatic nitrogens is 6. The first-order valence-electron chi connectivity index (χ1n) is 11.1. The van der Waals surface area contributed by atoms with Crippen LogP contribution in [-0.4, -0.2) is 40.7 Å². The van der Waals surface area contributed by atoms with E-state index in [0.29, 0.717) is 22.4 Å². The molecule has 6 rings (SSSR count). The maximum atomic E-state index is 11.5. The van der Waals surface area contributed by atoms with E-state index in [2.05, 4.69) is 67.6 Å². The Labute approximate surface area is 192 Å². The summed E-state index contributed by atoms with van der Waals surface area (Å²) in [6.45, 7) is 2.06. The Hall–Kier alpha value is -4.47. The lowest BCUT2D eigenvalue weighted by molar-refractivity contribution is 0.454. The third-order valence-electron chi connectivity index (χ3n) is 5.88. The molecule has 3 aromatic heterocycles. The molecule has 2 aromatic carbocycles. The molecule has 170 valence electrons. The zero-order chi connectivity index (χ0) is 23.2. The number of anilines is 1. The molecule has 0 radical (unpaired) electrons. The molecule has 1 atom stereocenters. The van der Waals surface area contributed by atoms with Gasteiger partial charge in [-0.05, 0) is 48.2 Å². The van der Waals surface area contributed by atoms with Gasteiger partial charge in [-0.3, -0.25) is 4.98 Å². The van der Waals surface area contributed by atoms with Gasteiger partial charge in [-0.2, -0.15) is 19.6 Å². The number of hydrogen-bond donors (Lipinski definition) is 4. The van der Waals surface area contributed by atoms with E-state index >= 15 is 0 Å². The van der Waals surface area contributed by atoms with E-state index in [9.17, 15) is 9.90 Å². The van der Waals surface area contributed by atoms with Crippen LogP contribution < -0.4 is 21.8 Å². The van der Waals surface area contributed by atoms with Gasteiger partial charge in [0, 0.05) is 5.22 Å². The standard InChI is InChI=1S/C24H22N8O2/c1-13(15-7-6-14-4-2-3-5-16(14)10-15)26-22-29-20-17(11-19-21(33)30-24(34)28-19)12-25-32(20)23(31-22)27-18-8-9-18/h2-7,10-13,18,33H,8-9H2,1H3,(H,26,27,31)(H2,28,30,34). The first kappa shape index (κ1) is 20.2. The first-order valence-corrected chi connectivity index (χ1v) is 11.1. The molecule has 0 saturated heterocycles. The highest BCUT2D eigenvalue weighted by molar-refractivity contribution is 5.83. The van der Waals surface area contributed by atoms with E-state index < -0.39 is 5.69 Å². The number of nitrogens with one attached hydrogen (secondary N) is 3. The van der Waals surface area contributed by atoms with E-state index in [0.717, 1.165) is 18.4 Å². The second-order valence-electron chi connectivity index (χ2n) is 8.50. The van der Waals surface area contributed by atoms with Gasteiger partial charge in [0.25, 0.3) is 5.62 Å². The Kier molecular flexibility index (Phi) is 4.65. The van der Waals surface area contributed by atoms with Crippen LogP contribution in [0.4, 0.5) is 5.95 Å². The number of nitrogens with zero attached hydrogens (tertiary/aromatic N) is 5. The lowest BCUT2D eigenvalue weighted by Gasteiger charge is -2.15. The summed E-state index contributed by atoms with van der Waals surface area (Å²) in [7, 11) is 0. The number of H-pyrrole nitrogens is 2. The third kappa shape index (κ3) is 3.79. The Balaban J connectivity index is 1.43. The molecule has 0 aliphatic heterocycles. The van der Waals surface area contributed by atoms with Crippen LogP contribution in [0.3, 0.4) is 0 Å². The number of fused-ring (bicyclic) bond motifs is 2. The summed E-state index contributed by atoms with van der Waals surface area (Å²) in [5.74, 6) is 0.180. The lowest BCUT2D eigenvalue weighted by Crippen LogP contribution is -2.25. The van der Waals surface area contributed by atoms with E-state index in [1.165, 1.54) is 10.8 Å². The predicted molar refractivity (Wildman–Crippen MR) is 127 cm³/mol. The van der Waals surface area contributed by atoms with Crippen LogP contribution in [0, 0.1) is 0 Å². The highest BCUT2D eigenvalue weighted by atomic mass is 16.3. The number of hydrogen-bond acceptors (Lipinski definition) is 7. The van der Waals surface area contributed by atoms with Crippen molar-refractivity contribution in [1.82, 2.24) is 29.5 Å². The van der Waals surface area contributed by atoms with Gasteiger partial charge in [0.05, 0.1) is 18.3 Å². The summed E-state index contributed by atoms with van der Waals surface area (Å²) in [5.41, 5.74) is 1.85. The zero-order valence-corrected chi connectivity index (χ0v) is 18.4. The summed E-state index contributed by atoms with van der Waals surface area (Å²) < 4.78 is 1.58. The molecule has 1 aliphatic rings. The van der Waals surface area contributed by atoms with E-state index in [1.807, 2.05) is 12.1 Å². The number of aromatic amines is 2. The van der Waals surface area contributed by atoms with Gasteiger partial charge in [-0.15, -0.1) is 0 Å². The predicted octanol–water partition coefficient (Wildman–Crippen LogP) is 1.78. The number of benzene rings is 2. The molecule has 0 spiro atoms. The van der Waals surface area contributed by atoms with Crippen LogP contribution in [0.2, 0.25) is 0 Å². The van der Waals surface area contributed by atoms with Crippen molar-refractivity contribution in [2.24, 2.45) is 4.99 Å². The van der Waals surface area contributed by atoms with Crippen molar-refractivity contribution in [3.05, 3.63) is 81.2 Å². The third-order valence-corrected chi connectivity index (χ3v) is 5.88. The van der Waals surface area contributed by atoms with Crippen LogP contribution in [0.1, 0.15) is 37.1 Å². The van der Waals surface area contributed by atoms with E-state index in [1.54, 1.807) is 16.8 Å². The van der Waals surface area contributed by atoms with E-state index in [4.69, 9.17) is 4.99 Å². The van der Waals surface area contributed by atoms with E-state index in [-0.39, 0.29) is 23.7 Å². The van der Waals surface area contributed by atoms with Gasteiger partial charge < -0.3 is 15.4 Å². The van der Waals surface area contributed by atoms with Crippen LogP contribution >= 0.6 is 0 Å². The summed E-state index contributed by atoms with van der Waals surface area (Å²) >= 11 is 0. The van der Waals surface area contributed by atoms with Crippen LogP contribution in [0.25, 0.3) is 22.5 Å². The maximum absolute atomic E-state index is 11.5. The molecule has 10 heteroatoms. The van der Waals surface area contributed by atoms with Crippen molar-refractivity contribution in [1.29, 1.82) is 0 Å². The van der Waals surface area contributed by atoms with Gasteiger partial charge in [0.15, 0.2) is 5.65 Å². The highest BCUT2D eigenvalue weighted by Gasteiger charge is 2.21. The minimum Gasteiger partial charge on any atom is -0.493 e. The fourth-order valence-electron chi connectivity index (χ4n) is 3.90. The fraction of sp³-hybridized carbons (Fsp3) is 0.208. The van der Waals surface area contributed by atoms with Gasteiger partial charge in [0.1, 0.15) is 5.69 Å². The molecular weight excluding hydrogens is 432 g/mol. The smallest absolute Gasteiger partial charge is 0.326 e. The zero-order valence-electron chi connectivity index (χ0n) is 18.4. The molecule has 5 aromatic rings. The monoisotopic (exact) mass is 454 g/mol. The van der Waals surface area contributed by atoms with Crippen molar-refractivity contribution < 1.29 is 5.11 Å².